The maximum Gasteiger partial charge on any atom is 0.164 e. The van der Waals surface area contributed by atoms with Gasteiger partial charge in [0, 0.05) is 38.7 Å². The maximum atomic E-state index is 9.33. The number of hydrogen-bond donors (Lipinski definition) is 0. The minimum atomic E-state index is -0.287. The van der Waals surface area contributed by atoms with Crippen LogP contribution in [0.15, 0.2) is 230 Å². The summed E-state index contributed by atoms with van der Waals surface area (Å²) in [5.74, 6) is 1.61. The Bertz CT molecular complexity index is 3480. The van der Waals surface area contributed by atoms with Gasteiger partial charge in [0.25, 0.3) is 0 Å². The normalized spacial score (nSPS) is 12.2. The Balaban J connectivity index is 1.10. The minimum Gasteiger partial charge on any atom is -0.309 e. The molecule has 11 aromatic rings. The topological polar surface area (TPSA) is 43.6 Å². The van der Waals surface area contributed by atoms with Crippen LogP contribution in [0.5, 0.6) is 0 Å². The summed E-state index contributed by atoms with van der Waals surface area (Å²) >= 11 is 0. The van der Waals surface area contributed by atoms with E-state index in [1.807, 2.05) is 138 Å². The van der Waals surface area contributed by atoms with Gasteiger partial charge in [0.05, 0.1) is 16.5 Å². The Hall–Kier alpha value is -8.21. The first-order valence-corrected chi connectivity index (χ1v) is 20.3. The van der Waals surface area contributed by atoms with Gasteiger partial charge in [0.15, 0.2) is 17.5 Å². The lowest BCUT2D eigenvalue weighted by Gasteiger charge is -2.15. The Morgan fingerprint density at radius 2 is 0.738 bits per heavy atom. The van der Waals surface area contributed by atoms with E-state index in [2.05, 4.69) is 72.8 Å². The molecule has 2 aromatic heterocycles. The van der Waals surface area contributed by atoms with E-state index in [1.165, 1.54) is 0 Å². The fraction of sp³-hybridized carbons (Fsp3) is 0. The van der Waals surface area contributed by atoms with Gasteiger partial charge < -0.3 is 4.57 Å². The van der Waals surface area contributed by atoms with Crippen LogP contribution in [0.3, 0.4) is 0 Å². The van der Waals surface area contributed by atoms with Crippen LogP contribution in [0.25, 0.3) is 106 Å². The highest BCUT2D eigenvalue weighted by Crippen LogP contribution is 2.41. The van der Waals surface area contributed by atoms with Crippen LogP contribution in [-0.2, 0) is 0 Å². The lowest BCUT2D eigenvalue weighted by molar-refractivity contribution is 1.07. The zero-order valence-corrected chi connectivity index (χ0v) is 32.9. The van der Waals surface area contributed by atoms with Crippen molar-refractivity contribution in [1.29, 1.82) is 0 Å². The second-order valence-corrected chi connectivity index (χ2v) is 15.0. The molecular weight excluding hydrogens is 741 g/mol. The molecule has 0 aliphatic rings. The Labute approximate surface area is 360 Å². The molecule has 2 heterocycles. The van der Waals surface area contributed by atoms with Crippen molar-refractivity contribution in [1.82, 2.24) is 19.5 Å². The molecule has 0 unspecified atom stereocenters. The second kappa shape index (κ2) is 15.5. The molecule has 0 atom stereocenters. The third-order valence-electron chi connectivity index (χ3n) is 11.2. The van der Waals surface area contributed by atoms with Crippen LogP contribution in [-0.4, -0.2) is 19.5 Å². The molecule has 61 heavy (non-hydrogen) atoms. The molecule has 9 aromatic carbocycles. The zero-order chi connectivity index (χ0) is 44.0. The summed E-state index contributed by atoms with van der Waals surface area (Å²) in [6.07, 6.45) is 0. The van der Waals surface area contributed by atoms with Crippen LogP contribution < -0.4 is 0 Å². The first-order valence-electron chi connectivity index (χ1n) is 22.3. The van der Waals surface area contributed by atoms with Crippen LogP contribution >= 0.6 is 0 Å². The Morgan fingerprint density at radius 3 is 1.28 bits per heavy atom. The largest absolute Gasteiger partial charge is 0.309 e. The Morgan fingerprint density at radius 1 is 0.328 bits per heavy atom. The molecule has 0 aliphatic heterocycles. The molecule has 4 heteroatoms. The molecule has 0 N–H and O–H groups in total. The fourth-order valence-electron chi connectivity index (χ4n) is 8.19. The molecule has 0 radical (unpaired) electrons. The van der Waals surface area contributed by atoms with Gasteiger partial charge in [-0.2, -0.15) is 0 Å². The van der Waals surface area contributed by atoms with Crippen LogP contribution in [0, 0.1) is 0 Å². The van der Waals surface area contributed by atoms with Gasteiger partial charge in [-0.3, -0.25) is 0 Å². The van der Waals surface area contributed by atoms with Crippen molar-refractivity contribution < 1.29 is 5.48 Å². The van der Waals surface area contributed by atoms with E-state index in [9.17, 15) is 2.74 Å². The van der Waals surface area contributed by atoms with Crippen molar-refractivity contribution in [3.8, 4) is 84.4 Å². The molecule has 0 amide bonds. The number of aromatic nitrogens is 4. The van der Waals surface area contributed by atoms with Gasteiger partial charge in [0.1, 0.15) is 0 Å². The first-order chi connectivity index (χ1) is 31.9. The van der Waals surface area contributed by atoms with E-state index < -0.39 is 0 Å². The standard InChI is InChI=1S/C57H38N4/c1-5-16-39(17-6-1)42-28-30-44(31-29-42)56-58-55(43-22-11-4-12-23-43)59-57(60-56)45-32-34-49(35-33-45)61-53-27-14-13-24-51(53)52-26-15-25-50(54(52)61)48-37-46(40-18-7-2-8-19-40)36-47(38-48)41-20-9-3-10-21-41/h1-38H/i13D,14D,24D,27D. The number of nitrogens with zero attached hydrogens (tertiary/aromatic N) is 4. The first kappa shape index (κ1) is 31.7. The average molecular weight is 783 g/mol. The third kappa shape index (κ3) is 6.86. The van der Waals surface area contributed by atoms with Gasteiger partial charge in [-0.15, -0.1) is 0 Å². The highest BCUT2D eigenvalue weighted by molar-refractivity contribution is 6.14. The van der Waals surface area contributed by atoms with Crippen molar-refractivity contribution in [2.24, 2.45) is 0 Å². The van der Waals surface area contributed by atoms with E-state index in [4.69, 9.17) is 17.7 Å². The monoisotopic (exact) mass is 782 g/mol. The third-order valence-corrected chi connectivity index (χ3v) is 11.2. The van der Waals surface area contributed by atoms with E-state index >= 15 is 0 Å². The highest BCUT2D eigenvalue weighted by Gasteiger charge is 2.19. The molecule has 11 rings (SSSR count). The number of fused-ring (bicyclic) bond motifs is 3. The van der Waals surface area contributed by atoms with Crippen molar-refractivity contribution in [2.45, 2.75) is 0 Å². The number of hydrogen-bond acceptors (Lipinski definition) is 3. The van der Waals surface area contributed by atoms with Crippen molar-refractivity contribution >= 4 is 21.8 Å². The highest BCUT2D eigenvalue weighted by atomic mass is 15.0. The van der Waals surface area contributed by atoms with Crippen molar-refractivity contribution in [2.75, 3.05) is 0 Å². The molecule has 0 aliphatic carbocycles. The van der Waals surface area contributed by atoms with Crippen molar-refractivity contribution in [3.63, 3.8) is 0 Å². The molecule has 0 bridgehead atoms. The molecule has 0 fully saturated rings. The number of benzene rings is 9. The number of rotatable bonds is 8. The Kier molecular flexibility index (Phi) is 8.07. The van der Waals surface area contributed by atoms with Crippen LogP contribution in [0.4, 0.5) is 0 Å². The molecule has 0 spiro atoms. The molecular formula is C57H38N4. The quantitative estimate of drug-likeness (QED) is 0.154. The molecule has 286 valence electrons. The summed E-state index contributed by atoms with van der Waals surface area (Å²) in [6.45, 7) is 0. The second-order valence-electron chi connectivity index (χ2n) is 15.0. The van der Waals surface area contributed by atoms with Gasteiger partial charge in [0.2, 0.25) is 0 Å². The summed E-state index contributed by atoms with van der Waals surface area (Å²) in [5, 5.41) is 1.19. The fourth-order valence-corrected chi connectivity index (χ4v) is 8.19. The van der Waals surface area contributed by atoms with E-state index in [0.29, 0.717) is 28.4 Å². The predicted molar refractivity (Wildman–Crippen MR) is 252 cm³/mol. The lowest BCUT2D eigenvalue weighted by atomic mass is 9.92. The summed E-state index contributed by atoms with van der Waals surface area (Å²) in [6, 6.07) is 68.8. The minimum absolute atomic E-state index is 0.0792. The van der Waals surface area contributed by atoms with Crippen LogP contribution in [0.1, 0.15) is 5.48 Å². The summed E-state index contributed by atoms with van der Waals surface area (Å²) in [7, 11) is 0. The average Bonchev–Trinajstić information content (AvgIpc) is 3.74. The van der Waals surface area contributed by atoms with Gasteiger partial charge in [-0.1, -0.05) is 182 Å². The van der Waals surface area contributed by atoms with Gasteiger partial charge in [-0.05, 0) is 87.5 Å². The molecule has 4 nitrogen and oxygen atoms in total. The summed E-state index contributed by atoms with van der Waals surface area (Å²) in [5.41, 5.74) is 12.7. The zero-order valence-electron chi connectivity index (χ0n) is 36.9. The maximum absolute atomic E-state index is 9.33. The molecule has 0 saturated heterocycles. The van der Waals surface area contributed by atoms with Crippen LogP contribution in [0.2, 0.25) is 0 Å². The summed E-state index contributed by atoms with van der Waals surface area (Å²) in [4.78, 5) is 15.0. The predicted octanol–water partition coefficient (Wildman–Crippen LogP) is 14.6. The molecule has 0 saturated carbocycles. The van der Waals surface area contributed by atoms with Gasteiger partial charge in [-0.25, -0.2) is 15.0 Å². The lowest BCUT2D eigenvalue weighted by Crippen LogP contribution is -2.01. The van der Waals surface area contributed by atoms with Crippen molar-refractivity contribution in [3.05, 3.63) is 230 Å². The van der Waals surface area contributed by atoms with Gasteiger partial charge >= 0.3 is 0 Å². The van der Waals surface area contributed by atoms with E-state index in [1.54, 1.807) is 0 Å². The SMILES string of the molecule is [2H]c1c([2H])c([2H])c2c(c1[2H])c1cccc(-c3cc(-c4ccccc4)cc(-c4ccccc4)c3)c1n2-c1ccc(-c2nc(-c3ccccc3)nc(-c3ccc(-c4ccccc4)cc3)n2)cc1. The van der Waals surface area contributed by atoms with E-state index in [-0.39, 0.29) is 24.2 Å². The number of para-hydroxylation sites is 2. The van der Waals surface area contributed by atoms with E-state index in [0.717, 1.165) is 77.8 Å². The smallest absolute Gasteiger partial charge is 0.164 e. The summed E-state index contributed by atoms with van der Waals surface area (Å²) < 4.78 is 38.1.